The molecule has 0 aromatic carbocycles. The molecule has 19 heavy (non-hydrogen) atoms. The topological polar surface area (TPSA) is 52.7 Å². The molecule has 1 atom stereocenters. The highest BCUT2D eigenvalue weighted by Gasteiger charge is 2.33. The van der Waals surface area contributed by atoms with Gasteiger partial charge < -0.3 is 5.32 Å². The molecule has 0 bridgehead atoms. The van der Waals surface area contributed by atoms with Gasteiger partial charge >= 0.3 is 0 Å². The normalized spacial score (nSPS) is 28.5. The van der Waals surface area contributed by atoms with Crippen molar-refractivity contribution in [2.75, 3.05) is 33.2 Å². The van der Waals surface area contributed by atoms with Crippen LogP contribution < -0.4 is 5.32 Å². The average Bonchev–Trinajstić information content (AvgIpc) is 2.67. The van der Waals surface area contributed by atoms with Crippen LogP contribution in [0.5, 0.6) is 0 Å². The minimum absolute atomic E-state index is 0.152. The highest BCUT2D eigenvalue weighted by molar-refractivity contribution is 7.86. The van der Waals surface area contributed by atoms with E-state index in [9.17, 15) is 8.42 Å². The summed E-state index contributed by atoms with van der Waals surface area (Å²) in [6.45, 7) is 5.48. The molecular weight excluding hydrogens is 262 g/mol. The van der Waals surface area contributed by atoms with E-state index in [0.717, 1.165) is 45.2 Å². The molecule has 0 spiro atoms. The number of hydrogen-bond acceptors (Lipinski definition) is 3. The van der Waals surface area contributed by atoms with Crippen LogP contribution in [-0.2, 0) is 10.2 Å². The van der Waals surface area contributed by atoms with Crippen molar-refractivity contribution in [2.45, 2.75) is 45.1 Å². The summed E-state index contributed by atoms with van der Waals surface area (Å²) in [5.74, 6) is 0.652. The number of rotatable bonds is 3. The lowest BCUT2D eigenvalue weighted by molar-refractivity contribution is 0.252. The molecule has 0 radical (unpaired) electrons. The first-order valence-electron chi connectivity index (χ1n) is 7.45. The van der Waals surface area contributed by atoms with E-state index in [-0.39, 0.29) is 6.04 Å². The zero-order chi connectivity index (χ0) is 13.9. The molecule has 0 aromatic heterocycles. The van der Waals surface area contributed by atoms with Gasteiger partial charge in [0.25, 0.3) is 10.2 Å². The molecule has 1 N–H and O–H groups in total. The Bertz CT molecular complexity index is 369. The smallest absolute Gasteiger partial charge is 0.281 e. The molecule has 2 saturated heterocycles. The lowest BCUT2D eigenvalue weighted by Gasteiger charge is -2.35. The maximum Gasteiger partial charge on any atom is 0.281 e. The quantitative estimate of drug-likeness (QED) is 0.844. The summed E-state index contributed by atoms with van der Waals surface area (Å²) >= 11 is 0. The molecule has 1 unspecified atom stereocenters. The summed E-state index contributed by atoms with van der Waals surface area (Å²) < 4.78 is 28.6. The lowest BCUT2D eigenvalue weighted by atomic mass is 10.0. The van der Waals surface area contributed by atoms with E-state index < -0.39 is 10.2 Å². The monoisotopic (exact) mass is 289 g/mol. The molecule has 0 amide bonds. The summed E-state index contributed by atoms with van der Waals surface area (Å²) in [5, 5.41) is 3.33. The van der Waals surface area contributed by atoms with Gasteiger partial charge in [-0.2, -0.15) is 17.0 Å². The van der Waals surface area contributed by atoms with E-state index in [2.05, 4.69) is 12.2 Å². The Balaban J connectivity index is 2.01. The number of nitrogens with one attached hydrogen (secondary N) is 1. The van der Waals surface area contributed by atoms with Gasteiger partial charge in [0.1, 0.15) is 0 Å². The van der Waals surface area contributed by atoms with Crippen LogP contribution in [0.3, 0.4) is 0 Å². The van der Waals surface area contributed by atoms with Crippen molar-refractivity contribution < 1.29 is 8.42 Å². The second-order valence-corrected chi connectivity index (χ2v) is 7.93. The van der Waals surface area contributed by atoms with Crippen molar-refractivity contribution >= 4 is 10.2 Å². The SMILES string of the molecule is CC1CCN(S(=O)(=O)N(C)C2CCCNCC2)CC1. The fraction of sp³-hybridized carbons (Fsp3) is 1.00. The molecule has 6 heteroatoms. The second kappa shape index (κ2) is 6.52. The molecule has 2 aliphatic rings. The molecule has 0 saturated carbocycles. The predicted molar refractivity (Wildman–Crippen MR) is 77.2 cm³/mol. The van der Waals surface area contributed by atoms with Crippen molar-refractivity contribution in [1.82, 2.24) is 13.9 Å². The summed E-state index contributed by atoms with van der Waals surface area (Å²) in [5.41, 5.74) is 0. The molecule has 112 valence electrons. The van der Waals surface area contributed by atoms with Crippen molar-refractivity contribution in [3.8, 4) is 0 Å². The Morgan fingerprint density at radius 3 is 2.47 bits per heavy atom. The second-order valence-electron chi connectivity index (χ2n) is 5.94. The highest BCUT2D eigenvalue weighted by Crippen LogP contribution is 2.23. The molecule has 2 aliphatic heterocycles. The zero-order valence-electron chi connectivity index (χ0n) is 12.1. The van der Waals surface area contributed by atoms with Gasteiger partial charge in [0.15, 0.2) is 0 Å². The molecule has 2 rings (SSSR count). The van der Waals surface area contributed by atoms with E-state index in [0.29, 0.717) is 19.0 Å². The fourth-order valence-corrected chi connectivity index (χ4v) is 4.57. The Labute approximate surface area is 117 Å². The Kier molecular flexibility index (Phi) is 5.22. The maximum absolute atomic E-state index is 12.6. The van der Waals surface area contributed by atoms with E-state index in [1.807, 2.05) is 0 Å². The number of piperidine rings is 1. The largest absolute Gasteiger partial charge is 0.317 e. The van der Waals surface area contributed by atoms with Gasteiger partial charge in [0, 0.05) is 26.2 Å². The summed E-state index contributed by atoms with van der Waals surface area (Å²) in [6, 6.07) is 0.152. The third kappa shape index (κ3) is 3.68. The first-order valence-corrected chi connectivity index (χ1v) is 8.85. The van der Waals surface area contributed by atoms with Crippen LogP contribution >= 0.6 is 0 Å². The minimum Gasteiger partial charge on any atom is -0.317 e. The van der Waals surface area contributed by atoms with Crippen molar-refractivity contribution in [3.05, 3.63) is 0 Å². The lowest BCUT2D eigenvalue weighted by Crippen LogP contribution is -2.49. The van der Waals surface area contributed by atoms with Crippen LogP contribution in [0.1, 0.15) is 39.0 Å². The molecule has 2 fully saturated rings. The third-order valence-electron chi connectivity index (χ3n) is 4.49. The highest BCUT2D eigenvalue weighted by atomic mass is 32.2. The van der Waals surface area contributed by atoms with E-state index in [1.54, 1.807) is 15.7 Å². The fourth-order valence-electron chi connectivity index (χ4n) is 2.95. The van der Waals surface area contributed by atoms with Gasteiger partial charge in [-0.15, -0.1) is 0 Å². The van der Waals surface area contributed by atoms with E-state index in [1.165, 1.54) is 0 Å². The van der Waals surface area contributed by atoms with Crippen LogP contribution in [0.15, 0.2) is 0 Å². The Hall–Kier alpha value is -0.170. The van der Waals surface area contributed by atoms with Gasteiger partial charge in [-0.1, -0.05) is 6.92 Å². The van der Waals surface area contributed by atoms with Gasteiger partial charge in [0.05, 0.1) is 0 Å². The molecule has 0 aliphatic carbocycles. The van der Waals surface area contributed by atoms with Gasteiger partial charge in [-0.25, -0.2) is 0 Å². The number of hydrogen-bond donors (Lipinski definition) is 1. The summed E-state index contributed by atoms with van der Waals surface area (Å²) in [6.07, 6.45) is 4.91. The van der Waals surface area contributed by atoms with Crippen molar-refractivity contribution in [1.29, 1.82) is 0 Å². The van der Waals surface area contributed by atoms with Gasteiger partial charge in [-0.3, -0.25) is 0 Å². The van der Waals surface area contributed by atoms with Crippen LogP contribution in [-0.4, -0.2) is 56.3 Å². The van der Waals surface area contributed by atoms with Gasteiger partial charge in [0.2, 0.25) is 0 Å². The Morgan fingerprint density at radius 2 is 1.79 bits per heavy atom. The van der Waals surface area contributed by atoms with Gasteiger partial charge in [-0.05, 0) is 51.1 Å². The Morgan fingerprint density at radius 1 is 1.11 bits per heavy atom. The average molecular weight is 289 g/mol. The van der Waals surface area contributed by atoms with Crippen LogP contribution in [0.2, 0.25) is 0 Å². The van der Waals surface area contributed by atoms with Crippen LogP contribution in [0.25, 0.3) is 0 Å². The first-order chi connectivity index (χ1) is 9.01. The molecule has 0 aromatic rings. The molecule has 2 heterocycles. The molecular formula is C13H27N3O2S. The summed E-state index contributed by atoms with van der Waals surface area (Å²) in [7, 11) is -1.51. The van der Waals surface area contributed by atoms with E-state index >= 15 is 0 Å². The zero-order valence-corrected chi connectivity index (χ0v) is 13.0. The third-order valence-corrected chi connectivity index (χ3v) is 6.54. The van der Waals surface area contributed by atoms with Crippen LogP contribution in [0.4, 0.5) is 0 Å². The minimum atomic E-state index is -3.26. The maximum atomic E-state index is 12.6. The van der Waals surface area contributed by atoms with Crippen molar-refractivity contribution in [2.24, 2.45) is 5.92 Å². The number of nitrogens with zero attached hydrogens (tertiary/aromatic N) is 2. The molecule has 5 nitrogen and oxygen atoms in total. The predicted octanol–water partition coefficient (Wildman–Crippen LogP) is 1.04. The van der Waals surface area contributed by atoms with E-state index in [4.69, 9.17) is 0 Å². The van der Waals surface area contributed by atoms with Crippen molar-refractivity contribution in [3.63, 3.8) is 0 Å². The first kappa shape index (κ1) is 15.2. The standard InChI is InChI=1S/C13H27N3O2S/c1-12-6-10-16(11-7-12)19(17,18)15(2)13-4-3-8-14-9-5-13/h12-14H,3-11H2,1-2H3. The van der Waals surface area contributed by atoms with Crippen LogP contribution in [0, 0.1) is 5.92 Å². The summed E-state index contributed by atoms with van der Waals surface area (Å²) in [4.78, 5) is 0.